The number of hydrogen-bond acceptors (Lipinski definition) is 2. The number of phosphoric ester groups is 1. The van der Waals surface area contributed by atoms with Crippen molar-refractivity contribution in [1.82, 2.24) is 0 Å². The van der Waals surface area contributed by atoms with E-state index in [1.165, 1.54) is 44.9 Å². The molecule has 0 unspecified atom stereocenters. The fourth-order valence-corrected chi connectivity index (χ4v) is 2.14. The van der Waals surface area contributed by atoms with E-state index in [4.69, 9.17) is 9.79 Å². The van der Waals surface area contributed by atoms with Gasteiger partial charge < -0.3 is 9.79 Å². The van der Waals surface area contributed by atoms with E-state index in [0.29, 0.717) is 0 Å². The molecule has 4 nitrogen and oxygen atoms in total. The third kappa shape index (κ3) is 23.6. The Labute approximate surface area is 119 Å². The molecule has 0 aliphatic heterocycles. The molecule has 0 amide bonds. The van der Waals surface area contributed by atoms with Gasteiger partial charge in [0.15, 0.2) is 0 Å². The van der Waals surface area contributed by atoms with Gasteiger partial charge >= 0.3 is 7.82 Å². The van der Waals surface area contributed by atoms with E-state index in [2.05, 4.69) is 11.4 Å². The lowest BCUT2D eigenvalue weighted by Crippen LogP contribution is -1.92. The molecule has 0 aromatic heterocycles. The molecule has 118 valence electrons. The van der Waals surface area contributed by atoms with Crippen LogP contribution in [0.25, 0.3) is 0 Å². The van der Waals surface area contributed by atoms with Crippen molar-refractivity contribution in [1.29, 1.82) is 0 Å². The predicted octanol–water partition coefficient (Wildman–Crippen LogP) is 5.04. The Bertz CT molecular complexity index is 204. The summed E-state index contributed by atoms with van der Waals surface area (Å²) in [6.07, 6.45) is 12.0. The van der Waals surface area contributed by atoms with E-state index in [1.807, 2.05) is 13.8 Å². The zero-order valence-electron chi connectivity index (χ0n) is 12.9. The molecule has 5 heteroatoms. The minimum atomic E-state index is -4.24. The largest absolute Gasteiger partial charge is 0.469 e. The standard InChI is InChI=1S/C12H27O4P.C2H6/c1-2-3-4-5-6-7-8-9-10-11-12-16-17(13,14)15;1-2/h2-12H2,1H3,(H2,13,14,15);1-2H3. The van der Waals surface area contributed by atoms with Crippen LogP contribution < -0.4 is 0 Å². The Morgan fingerprint density at radius 1 is 0.789 bits per heavy atom. The summed E-state index contributed by atoms with van der Waals surface area (Å²) < 4.78 is 14.7. The van der Waals surface area contributed by atoms with Crippen LogP contribution in [-0.2, 0) is 9.09 Å². The van der Waals surface area contributed by atoms with Crippen LogP contribution >= 0.6 is 7.82 Å². The zero-order valence-corrected chi connectivity index (χ0v) is 13.8. The molecule has 0 spiro atoms. The summed E-state index contributed by atoms with van der Waals surface area (Å²) in [5, 5.41) is 0. The molecule has 0 heterocycles. The van der Waals surface area contributed by atoms with Crippen LogP contribution in [0.2, 0.25) is 0 Å². The van der Waals surface area contributed by atoms with Crippen LogP contribution in [0.5, 0.6) is 0 Å². The van der Waals surface area contributed by atoms with Crippen LogP contribution in [0.1, 0.15) is 85.0 Å². The Hall–Kier alpha value is 0.110. The highest BCUT2D eigenvalue weighted by Crippen LogP contribution is 2.35. The van der Waals surface area contributed by atoms with Gasteiger partial charge in [0.2, 0.25) is 0 Å². The summed E-state index contributed by atoms with van der Waals surface area (Å²) in [4.78, 5) is 16.9. The van der Waals surface area contributed by atoms with Crippen LogP contribution in [0.4, 0.5) is 0 Å². The van der Waals surface area contributed by atoms with Crippen molar-refractivity contribution in [3.05, 3.63) is 0 Å². The number of phosphoric acid groups is 1. The normalized spacial score (nSPS) is 11.0. The minimum absolute atomic E-state index is 0.167. The smallest absolute Gasteiger partial charge is 0.303 e. The molecule has 0 aliphatic carbocycles. The second kappa shape index (κ2) is 16.2. The number of rotatable bonds is 12. The predicted molar refractivity (Wildman–Crippen MR) is 81.2 cm³/mol. The Morgan fingerprint density at radius 2 is 1.16 bits per heavy atom. The van der Waals surface area contributed by atoms with Gasteiger partial charge in [-0.3, -0.25) is 4.52 Å². The second-order valence-electron chi connectivity index (χ2n) is 4.51. The van der Waals surface area contributed by atoms with Crippen LogP contribution in [0.15, 0.2) is 0 Å². The Kier molecular flexibility index (Phi) is 18.2. The van der Waals surface area contributed by atoms with Gasteiger partial charge in [-0.25, -0.2) is 4.57 Å². The van der Waals surface area contributed by atoms with Crippen LogP contribution in [0.3, 0.4) is 0 Å². The zero-order chi connectivity index (χ0) is 15.0. The van der Waals surface area contributed by atoms with E-state index >= 15 is 0 Å². The third-order valence-corrected chi connectivity index (χ3v) is 3.28. The maximum atomic E-state index is 10.4. The fourth-order valence-electron chi connectivity index (χ4n) is 1.77. The lowest BCUT2D eigenvalue weighted by atomic mass is 10.1. The maximum Gasteiger partial charge on any atom is 0.469 e. The molecular weight excluding hydrogens is 263 g/mol. The van der Waals surface area contributed by atoms with Crippen LogP contribution in [0, 0.1) is 0 Å². The SMILES string of the molecule is CC.CCCCCCCCCCCCOP(=O)(O)O. The first-order valence-electron chi connectivity index (χ1n) is 7.76. The van der Waals surface area contributed by atoms with Gasteiger partial charge in [0, 0.05) is 0 Å². The first kappa shape index (κ1) is 21.4. The van der Waals surface area contributed by atoms with E-state index < -0.39 is 7.82 Å². The molecule has 0 rings (SSSR count). The molecule has 0 aromatic carbocycles. The highest BCUT2D eigenvalue weighted by molar-refractivity contribution is 7.46. The van der Waals surface area contributed by atoms with Gasteiger partial charge in [-0.2, -0.15) is 0 Å². The van der Waals surface area contributed by atoms with Gasteiger partial charge in [-0.1, -0.05) is 78.6 Å². The van der Waals surface area contributed by atoms with Gasteiger partial charge in [-0.15, -0.1) is 0 Å². The molecule has 0 saturated heterocycles. The lowest BCUT2D eigenvalue weighted by Gasteiger charge is -2.05. The summed E-state index contributed by atoms with van der Waals surface area (Å²) in [5.41, 5.74) is 0. The third-order valence-electron chi connectivity index (χ3n) is 2.76. The van der Waals surface area contributed by atoms with E-state index in [-0.39, 0.29) is 6.61 Å². The van der Waals surface area contributed by atoms with Gasteiger partial charge in [0.05, 0.1) is 6.61 Å². The quantitative estimate of drug-likeness (QED) is 0.391. The maximum absolute atomic E-state index is 10.4. The number of hydrogen-bond donors (Lipinski definition) is 2. The molecule has 0 atom stereocenters. The molecule has 0 aliphatic rings. The minimum Gasteiger partial charge on any atom is -0.303 e. The van der Waals surface area contributed by atoms with E-state index in [9.17, 15) is 4.57 Å². The van der Waals surface area contributed by atoms with Crippen molar-refractivity contribution < 1.29 is 18.9 Å². The van der Waals surface area contributed by atoms with Crippen molar-refractivity contribution in [3.8, 4) is 0 Å². The van der Waals surface area contributed by atoms with Crippen molar-refractivity contribution in [2.24, 2.45) is 0 Å². The Morgan fingerprint density at radius 3 is 1.53 bits per heavy atom. The highest BCUT2D eigenvalue weighted by Gasteiger charge is 2.12. The summed E-state index contributed by atoms with van der Waals surface area (Å²) in [5.74, 6) is 0. The molecule has 0 saturated carbocycles. The summed E-state index contributed by atoms with van der Waals surface area (Å²) in [7, 11) is -4.24. The monoisotopic (exact) mass is 296 g/mol. The van der Waals surface area contributed by atoms with E-state index in [0.717, 1.165) is 19.3 Å². The van der Waals surface area contributed by atoms with Gasteiger partial charge in [-0.05, 0) is 6.42 Å². The van der Waals surface area contributed by atoms with Crippen molar-refractivity contribution in [2.45, 2.75) is 85.0 Å². The Balaban J connectivity index is 0. The van der Waals surface area contributed by atoms with Gasteiger partial charge in [0.1, 0.15) is 0 Å². The number of unbranched alkanes of at least 4 members (excludes halogenated alkanes) is 9. The molecule has 0 aromatic rings. The second-order valence-corrected chi connectivity index (χ2v) is 5.75. The van der Waals surface area contributed by atoms with Crippen molar-refractivity contribution >= 4 is 7.82 Å². The first-order valence-corrected chi connectivity index (χ1v) is 9.29. The highest BCUT2D eigenvalue weighted by atomic mass is 31.2. The fraction of sp³-hybridized carbons (Fsp3) is 1.00. The van der Waals surface area contributed by atoms with Crippen LogP contribution in [-0.4, -0.2) is 16.4 Å². The molecule has 0 bridgehead atoms. The molecule has 0 radical (unpaired) electrons. The first-order chi connectivity index (χ1) is 9.06. The average molecular weight is 296 g/mol. The lowest BCUT2D eigenvalue weighted by molar-refractivity contribution is 0.193. The van der Waals surface area contributed by atoms with Gasteiger partial charge in [0.25, 0.3) is 0 Å². The summed E-state index contributed by atoms with van der Waals surface area (Å²) in [6, 6.07) is 0. The van der Waals surface area contributed by atoms with Crippen molar-refractivity contribution in [3.63, 3.8) is 0 Å². The van der Waals surface area contributed by atoms with Crippen molar-refractivity contribution in [2.75, 3.05) is 6.61 Å². The molecule has 19 heavy (non-hydrogen) atoms. The molecule has 0 fully saturated rings. The van der Waals surface area contributed by atoms with E-state index in [1.54, 1.807) is 0 Å². The molecule has 2 N–H and O–H groups in total. The summed E-state index contributed by atoms with van der Waals surface area (Å²) >= 11 is 0. The average Bonchev–Trinajstić information content (AvgIpc) is 2.37. The molecular formula is C14H33O4P. The topological polar surface area (TPSA) is 66.8 Å². The summed E-state index contributed by atoms with van der Waals surface area (Å²) in [6.45, 7) is 6.39.